The Hall–Kier alpha value is -3.26. The van der Waals surface area contributed by atoms with Crippen LogP contribution >= 0.6 is 0 Å². The number of ether oxygens (including phenoxy) is 2. The van der Waals surface area contributed by atoms with Gasteiger partial charge in [-0.1, -0.05) is 30.3 Å². The second-order valence-electron chi connectivity index (χ2n) is 5.42. The van der Waals surface area contributed by atoms with E-state index in [-0.39, 0.29) is 0 Å². The van der Waals surface area contributed by atoms with Crippen molar-refractivity contribution < 1.29 is 19.1 Å². The molecular weight excluding hydrogens is 336 g/mol. The fourth-order valence-electron chi connectivity index (χ4n) is 2.39. The molecule has 26 heavy (non-hydrogen) atoms. The van der Waals surface area contributed by atoms with Gasteiger partial charge >= 0.3 is 6.03 Å². The first-order chi connectivity index (χ1) is 12.6. The molecule has 2 aromatic rings. The number of hydrogen-bond acceptors (Lipinski definition) is 5. The smallest absolute Gasteiger partial charge is 0.320 e. The van der Waals surface area contributed by atoms with Crippen molar-refractivity contribution in [2.24, 2.45) is 5.84 Å². The lowest BCUT2D eigenvalue weighted by Crippen LogP contribution is -2.51. The summed E-state index contributed by atoms with van der Waals surface area (Å²) in [7, 11) is 3.01. The van der Waals surface area contributed by atoms with E-state index in [2.05, 4.69) is 16.1 Å². The molecule has 3 amide bonds. The molecule has 5 N–H and O–H groups in total. The number of hydrogen-bond donors (Lipinski definition) is 4. The van der Waals surface area contributed by atoms with E-state index in [1.54, 1.807) is 18.2 Å². The van der Waals surface area contributed by atoms with Gasteiger partial charge in [0.05, 0.1) is 19.9 Å². The number of nitrogens with two attached hydrogens (primary N) is 1. The first-order valence-electron chi connectivity index (χ1n) is 7.91. The maximum absolute atomic E-state index is 12.4. The second kappa shape index (κ2) is 9.28. The van der Waals surface area contributed by atoms with Crippen molar-refractivity contribution in [2.75, 3.05) is 19.5 Å². The summed E-state index contributed by atoms with van der Waals surface area (Å²) in [6, 6.07) is 12.9. The van der Waals surface area contributed by atoms with Gasteiger partial charge in [0, 0.05) is 12.5 Å². The Morgan fingerprint density at radius 1 is 1.08 bits per heavy atom. The summed E-state index contributed by atoms with van der Waals surface area (Å²) >= 11 is 0. The Labute approximate surface area is 151 Å². The molecule has 0 saturated carbocycles. The van der Waals surface area contributed by atoms with E-state index in [4.69, 9.17) is 15.3 Å². The summed E-state index contributed by atoms with van der Waals surface area (Å²) in [5.41, 5.74) is 3.37. The predicted molar refractivity (Wildman–Crippen MR) is 98.0 cm³/mol. The van der Waals surface area contributed by atoms with Crippen LogP contribution in [0.5, 0.6) is 11.5 Å². The molecule has 0 fully saturated rings. The topological polar surface area (TPSA) is 115 Å². The SMILES string of the molecule is COc1ccc(OC)c(NC(=O)N[C@H](Cc2ccccc2)C(=O)NN)c1. The van der Waals surface area contributed by atoms with Crippen molar-refractivity contribution in [3.63, 3.8) is 0 Å². The Balaban J connectivity index is 2.11. The maximum atomic E-state index is 12.4. The number of nitrogens with one attached hydrogen (secondary N) is 3. The minimum absolute atomic E-state index is 0.298. The molecule has 2 aromatic carbocycles. The van der Waals surface area contributed by atoms with Crippen LogP contribution in [0.25, 0.3) is 0 Å². The molecule has 0 unspecified atom stereocenters. The molecule has 0 radical (unpaired) electrons. The Morgan fingerprint density at radius 2 is 1.81 bits per heavy atom. The Morgan fingerprint density at radius 3 is 2.42 bits per heavy atom. The zero-order chi connectivity index (χ0) is 18.9. The molecule has 8 nitrogen and oxygen atoms in total. The van der Waals surface area contributed by atoms with Crippen molar-refractivity contribution in [1.82, 2.24) is 10.7 Å². The highest BCUT2D eigenvalue weighted by Crippen LogP contribution is 2.28. The number of carbonyl (C=O) groups is 2. The van der Waals surface area contributed by atoms with Gasteiger partial charge in [-0.15, -0.1) is 0 Å². The van der Waals surface area contributed by atoms with Crippen molar-refractivity contribution in [1.29, 1.82) is 0 Å². The number of methoxy groups -OCH3 is 2. The van der Waals surface area contributed by atoms with Crippen LogP contribution in [0.15, 0.2) is 48.5 Å². The second-order valence-corrected chi connectivity index (χ2v) is 5.42. The molecule has 0 aliphatic carbocycles. The van der Waals surface area contributed by atoms with Crippen LogP contribution in [-0.2, 0) is 11.2 Å². The van der Waals surface area contributed by atoms with Gasteiger partial charge in [-0.05, 0) is 17.7 Å². The summed E-state index contributed by atoms with van der Waals surface area (Å²) in [5.74, 6) is 5.75. The van der Waals surface area contributed by atoms with Crippen molar-refractivity contribution >= 4 is 17.6 Å². The Kier molecular flexibility index (Phi) is 6.81. The molecule has 0 aromatic heterocycles. The van der Waals surface area contributed by atoms with E-state index < -0.39 is 18.0 Å². The molecule has 8 heteroatoms. The van der Waals surface area contributed by atoms with Crippen LogP contribution in [-0.4, -0.2) is 32.2 Å². The van der Waals surface area contributed by atoms with Gasteiger partial charge in [-0.25, -0.2) is 10.6 Å². The van der Waals surface area contributed by atoms with E-state index in [0.29, 0.717) is 23.6 Å². The summed E-state index contributed by atoms with van der Waals surface area (Å²) in [6.07, 6.45) is 0.298. The normalized spacial score (nSPS) is 11.2. The highest BCUT2D eigenvalue weighted by molar-refractivity contribution is 5.95. The molecule has 0 spiro atoms. The highest BCUT2D eigenvalue weighted by Gasteiger charge is 2.21. The lowest BCUT2D eigenvalue weighted by Gasteiger charge is -2.18. The van der Waals surface area contributed by atoms with Gasteiger partial charge < -0.3 is 20.1 Å². The monoisotopic (exact) mass is 358 g/mol. The average molecular weight is 358 g/mol. The fraction of sp³-hybridized carbons (Fsp3) is 0.222. The minimum Gasteiger partial charge on any atom is -0.497 e. The summed E-state index contributed by atoms with van der Waals surface area (Å²) in [5, 5.41) is 5.27. The quantitative estimate of drug-likeness (QED) is 0.340. The first kappa shape index (κ1) is 19.1. The molecule has 0 saturated heterocycles. The van der Waals surface area contributed by atoms with Crippen molar-refractivity contribution in [3.8, 4) is 11.5 Å². The Bertz CT molecular complexity index is 752. The largest absolute Gasteiger partial charge is 0.497 e. The lowest BCUT2D eigenvalue weighted by atomic mass is 10.1. The van der Waals surface area contributed by atoms with E-state index >= 15 is 0 Å². The fourth-order valence-corrected chi connectivity index (χ4v) is 2.39. The predicted octanol–water partition coefficient (Wildman–Crippen LogP) is 1.43. The van der Waals surface area contributed by atoms with Crippen LogP contribution in [0, 0.1) is 0 Å². The molecule has 1 atom stereocenters. The molecule has 0 bridgehead atoms. The third kappa shape index (κ3) is 5.12. The molecule has 0 aliphatic heterocycles. The van der Waals surface area contributed by atoms with Crippen molar-refractivity contribution in [3.05, 3.63) is 54.1 Å². The third-order valence-corrected chi connectivity index (χ3v) is 3.70. The van der Waals surface area contributed by atoms with E-state index in [0.717, 1.165) is 5.56 Å². The molecule has 2 rings (SSSR count). The molecule has 0 aliphatic rings. The molecule has 0 heterocycles. The van der Waals surface area contributed by atoms with E-state index in [1.165, 1.54) is 14.2 Å². The van der Waals surface area contributed by atoms with Gasteiger partial charge in [0.15, 0.2) is 0 Å². The number of carbonyl (C=O) groups excluding carboxylic acids is 2. The molecule has 138 valence electrons. The minimum atomic E-state index is -0.834. The average Bonchev–Trinajstić information content (AvgIpc) is 2.67. The van der Waals surface area contributed by atoms with E-state index in [9.17, 15) is 9.59 Å². The third-order valence-electron chi connectivity index (χ3n) is 3.70. The van der Waals surface area contributed by atoms with Crippen LogP contribution in [0.4, 0.5) is 10.5 Å². The standard InChI is InChI=1S/C18H22N4O4/c1-25-13-8-9-16(26-2)14(11-13)20-18(24)21-15(17(23)22-19)10-12-6-4-3-5-7-12/h3-9,11,15H,10,19H2,1-2H3,(H,22,23)(H2,20,21,24)/t15-/m1/s1. The van der Waals surface area contributed by atoms with Crippen LogP contribution in [0.3, 0.4) is 0 Å². The van der Waals surface area contributed by atoms with Gasteiger partial charge in [-0.2, -0.15) is 0 Å². The molecular formula is C18H22N4O4. The lowest BCUT2D eigenvalue weighted by molar-refractivity contribution is -0.122. The number of anilines is 1. The summed E-state index contributed by atoms with van der Waals surface area (Å²) < 4.78 is 10.4. The van der Waals surface area contributed by atoms with Crippen molar-refractivity contribution in [2.45, 2.75) is 12.5 Å². The highest BCUT2D eigenvalue weighted by atomic mass is 16.5. The number of hydrazine groups is 1. The van der Waals surface area contributed by atoms with Gasteiger partial charge in [0.2, 0.25) is 0 Å². The van der Waals surface area contributed by atoms with Crippen LogP contribution in [0.1, 0.15) is 5.56 Å². The number of amides is 3. The van der Waals surface area contributed by atoms with Crippen LogP contribution in [0.2, 0.25) is 0 Å². The number of benzene rings is 2. The zero-order valence-corrected chi connectivity index (χ0v) is 14.6. The summed E-state index contributed by atoms with van der Waals surface area (Å²) in [4.78, 5) is 24.4. The van der Waals surface area contributed by atoms with Gasteiger partial charge in [0.1, 0.15) is 17.5 Å². The number of rotatable bonds is 7. The summed E-state index contributed by atoms with van der Waals surface area (Å²) in [6.45, 7) is 0. The van der Waals surface area contributed by atoms with Crippen LogP contribution < -0.4 is 31.4 Å². The number of urea groups is 1. The zero-order valence-electron chi connectivity index (χ0n) is 14.6. The first-order valence-corrected chi connectivity index (χ1v) is 7.91. The van der Waals surface area contributed by atoms with E-state index in [1.807, 2.05) is 30.3 Å². The van der Waals surface area contributed by atoms with Gasteiger partial charge in [0.25, 0.3) is 5.91 Å². The maximum Gasteiger partial charge on any atom is 0.320 e. The van der Waals surface area contributed by atoms with Gasteiger partial charge in [-0.3, -0.25) is 10.2 Å².